The lowest BCUT2D eigenvalue weighted by Gasteiger charge is -1.97. The number of hydrogen-bond acceptors (Lipinski definition) is 5. The molecule has 100 valence electrons. The Bertz CT molecular complexity index is 728. The van der Waals surface area contributed by atoms with E-state index < -0.39 is 5.82 Å². The lowest BCUT2D eigenvalue weighted by atomic mass is 10.2. The lowest BCUT2D eigenvalue weighted by molar-refractivity contribution is 0.421. The highest BCUT2D eigenvalue weighted by Gasteiger charge is 2.14. The Kier molecular flexibility index (Phi) is 3.12. The summed E-state index contributed by atoms with van der Waals surface area (Å²) in [5, 5.41) is 13.0. The van der Waals surface area contributed by atoms with Crippen LogP contribution in [-0.2, 0) is 6.42 Å². The Hall–Kier alpha value is -2.76. The highest BCUT2D eigenvalue weighted by molar-refractivity contribution is 5.55. The molecular weight excluding hydrogens is 261 g/mol. The normalized spacial score (nSPS) is 10.7. The highest BCUT2D eigenvalue weighted by Crippen LogP contribution is 2.24. The van der Waals surface area contributed by atoms with Crippen molar-refractivity contribution in [3.8, 4) is 17.2 Å². The van der Waals surface area contributed by atoms with Gasteiger partial charge in [0.15, 0.2) is 5.82 Å². The first-order valence-electron chi connectivity index (χ1n) is 5.93. The summed E-state index contributed by atoms with van der Waals surface area (Å²) in [7, 11) is 0. The van der Waals surface area contributed by atoms with Gasteiger partial charge < -0.3 is 9.63 Å². The molecule has 1 aromatic carbocycles. The molecule has 1 N–H and O–H groups in total. The van der Waals surface area contributed by atoms with Crippen LogP contribution >= 0.6 is 0 Å². The largest absolute Gasteiger partial charge is 0.508 e. The van der Waals surface area contributed by atoms with Crippen molar-refractivity contribution >= 4 is 0 Å². The van der Waals surface area contributed by atoms with Gasteiger partial charge in [0.05, 0.1) is 5.56 Å². The molecule has 0 unspecified atom stereocenters. The monoisotopic (exact) mass is 271 g/mol. The van der Waals surface area contributed by atoms with E-state index in [2.05, 4.69) is 15.1 Å². The second-order valence-electron chi connectivity index (χ2n) is 4.22. The van der Waals surface area contributed by atoms with Crippen LogP contribution < -0.4 is 0 Å². The predicted octanol–water partition coefficient (Wildman–Crippen LogP) is 2.57. The van der Waals surface area contributed by atoms with Gasteiger partial charge in [-0.05, 0) is 23.8 Å². The molecule has 6 heteroatoms. The third kappa shape index (κ3) is 2.49. The minimum atomic E-state index is -0.610. The molecule has 0 aliphatic carbocycles. The summed E-state index contributed by atoms with van der Waals surface area (Å²) in [5.41, 5.74) is 1.10. The number of benzene rings is 1. The first kappa shape index (κ1) is 12.3. The Labute approximate surface area is 113 Å². The van der Waals surface area contributed by atoms with Crippen LogP contribution in [0.4, 0.5) is 4.39 Å². The summed E-state index contributed by atoms with van der Waals surface area (Å²) < 4.78 is 18.7. The van der Waals surface area contributed by atoms with Gasteiger partial charge in [-0.1, -0.05) is 11.2 Å². The molecule has 0 saturated carbocycles. The molecule has 2 heterocycles. The summed E-state index contributed by atoms with van der Waals surface area (Å²) >= 11 is 0. The van der Waals surface area contributed by atoms with E-state index in [-0.39, 0.29) is 17.2 Å². The third-order valence-electron chi connectivity index (χ3n) is 2.74. The van der Waals surface area contributed by atoms with Gasteiger partial charge in [-0.15, -0.1) is 0 Å². The van der Waals surface area contributed by atoms with Gasteiger partial charge in [-0.25, -0.2) is 4.39 Å². The molecule has 0 bridgehead atoms. The average Bonchev–Trinajstić information content (AvgIpc) is 2.88. The number of nitrogens with zero attached hydrogens (tertiary/aromatic N) is 3. The number of pyridine rings is 1. The smallest absolute Gasteiger partial charge is 0.260 e. The fraction of sp³-hybridized carbons (Fsp3) is 0.0714. The summed E-state index contributed by atoms with van der Waals surface area (Å²) in [6.45, 7) is 0. The quantitative estimate of drug-likeness (QED) is 0.792. The Morgan fingerprint density at radius 1 is 1.25 bits per heavy atom. The van der Waals surface area contributed by atoms with Crippen LogP contribution in [0.25, 0.3) is 11.5 Å². The zero-order valence-electron chi connectivity index (χ0n) is 10.3. The molecule has 0 aliphatic heterocycles. The van der Waals surface area contributed by atoms with Crippen LogP contribution in [0.2, 0.25) is 0 Å². The molecular formula is C14H10FN3O2. The second-order valence-corrected chi connectivity index (χ2v) is 4.22. The standard InChI is InChI=1S/C14H10FN3O2/c15-12-7-10(19)3-4-11(12)14-17-13(18-20-14)6-9-2-1-5-16-8-9/h1-5,7-8,19H,6H2. The number of phenolic OH excluding ortho intramolecular Hbond substituents is 1. The molecule has 0 amide bonds. The van der Waals surface area contributed by atoms with Crippen LogP contribution in [0.3, 0.4) is 0 Å². The van der Waals surface area contributed by atoms with E-state index >= 15 is 0 Å². The minimum absolute atomic E-state index is 0.0846. The van der Waals surface area contributed by atoms with Crippen molar-refractivity contribution in [1.29, 1.82) is 0 Å². The summed E-state index contributed by atoms with van der Waals surface area (Å²) in [6, 6.07) is 7.47. The molecule has 2 aromatic heterocycles. The molecule has 0 saturated heterocycles. The molecule has 0 atom stereocenters. The van der Waals surface area contributed by atoms with Crippen LogP contribution in [0, 0.1) is 5.82 Å². The van der Waals surface area contributed by atoms with Crippen molar-refractivity contribution in [1.82, 2.24) is 15.1 Å². The van der Waals surface area contributed by atoms with Crippen molar-refractivity contribution in [2.45, 2.75) is 6.42 Å². The Balaban J connectivity index is 1.87. The highest BCUT2D eigenvalue weighted by atomic mass is 19.1. The van der Waals surface area contributed by atoms with Gasteiger partial charge in [0.2, 0.25) is 0 Å². The fourth-order valence-electron chi connectivity index (χ4n) is 1.80. The minimum Gasteiger partial charge on any atom is -0.508 e. The van der Waals surface area contributed by atoms with Crippen LogP contribution in [0.1, 0.15) is 11.4 Å². The Morgan fingerprint density at radius 3 is 2.90 bits per heavy atom. The summed E-state index contributed by atoms with van der Waals surface area (Å²) in [5.74, 6) is -0.232. The second kappa shape index (κ2) is 5.08. The van der Waals surface area contributed by atoms with E-state index in [1.807, 2.05) is 12.1 Å². The van der Waals surface area contributed by atoms with Crippen LogP contribution in [0.15, 0.2) is 47.2 Å². The van der Waals surface area contributed by atoms with Crippen molar-refractivity contribution < 1.29 is 14.0 Å². The average molecular weight is 271 g/mol. The molecule has 0 aliphatic rings. The number of hydrogen-bond donors (Lipinski definition) is 1. The fourth-order valence-corrected chi connectivity index (χ4v) is 1.80. The molecule has 20 heavy (non-hydrogen) atoms. The summed E-state index contributed by atoms with van der Waals surface area (Å²) in [4.78, 5) is 8.13. The SMILES string of the molecule is Oc1ccc(-c2nc(Cc3cccnc3)no2)c(F)c1. The molecule has 0 radical (unpaired) electrons. The van der Waals surface area contributed by atoms with Gasteiger partial charge in [0, 0.05) is 24.9 Å². The van der Waals surface area contributed by atoms with E-state index in [9.17, 15) is 9.50 Å². The molecule has 3 rings (SSSR count). The van der Waals surface area contributed by atoms with Gasteiger partial charge in [0.1, 0.15) is 11.6 Å². The van der Waals surface area contributed by atoms with E-state index in [0.717, 1.165) is 11.6 Å². The number of rotatable bonds is 3. The van der Waals surface area contributed by atoms with Crippen molar-refractivity contribution in [2.24, 2.45) is 0 Å². The lowest BCUT2D eigenvalue weighted by Crippen LogP contribution is -1.91. The van der Waals surface area contributed by atoms with Crippen molar-refractivity contribution in [3.63, 3.8) is 0 Å². The number of aromatic nitrogens is 3. The van der Waals surface area contributed by atoms with E-state index in [0.29, 0.717) is 12.2 Å². The molecule has 0 fully saturated rings. The predicted molar refractivity (Wildman–Crippen MR) is 68.4 cm³/mol. The topological polar surface area (TPSA) is 72.0 Å². The zero-order valence-corrected chi connectivity index (χ0v) is 10.3. The van der Waals surface area contributed by atoms with E-state index in [1.165, 1.54) is 12.1 Å². The van der Waals surface area contributed by atoms with Gasteiger partial charge in [-0.2, -0.15) is 4.98 Å². The number of phenols is 1. The maximum Gasteiger partial charge on any atom is 0.260 e. The number of aromatic hydroxyl groups is 1. The number of halogens is 1. The van der Waals surface area contributed by atoms with Crippen molar-refractivity contribution in [3.05, 3.63) is 59.9 Å². The maximum atomic E-state index is 13.7. The Morgan fingerprint density at radius 2 is 2.15 bits per heavy atom. The molecule has 5 nitrogen and oxygen atoms in total. The van der Waals surface area contributed by atoms with Gasteiger partial charge in [0.25, 0.3) is 5.89 Å². The van der Waals surface area contributed by atoms with E-state index in [1.54, 1.807) is 12.4 Å². The van der Waals surface area contributed by atoms with Crippen LogP contribution in [0.5, 0.6) is 5.75 Å². The first-order valence-corrected chi connectivity index (χ1v) is 5.93. The maximum absolute atomic E-state index is 13.7. The van der Waals surface area contributed by atoms with E-state index in [4.69, 9.17) is 4.52 Å². The molecule has 0 spiro atoms. The summed E-state index contributed by atoms with van der Waals surface area (Å²) in [6.07, 6.45) is 3.84. The first-order chi connectivity index (χ1) is 9.72. The molecule has 3 aromatic rings. The van der Waals surface area contributed by atoms with Gasteiger partial charge in [-0.3, -0.25) is 4.98 Å². The third-order valence-corrected chi connectivity index (χ3v) is 2.74. The van der Waals surface area contributed by atoms with Crippen LogP contribution in [-0.4, -0.2) is 20.2 Å². The van der Waals surface area contributed by atoms with Gasteiger partial charge >= 0.3 is 0 Å². The van der Waals surface area contributed by atoms with Crippen molar-refractivity contribution in [2.75, 3.05) is 0 Å². The zero-order chi connectivity index (χ0) is 13.9.